The summed E-state index contributed by atoms with van der Waals surface area (Å²) in [5, 5.41) is 9.87. The van der Waals surface area contributed by atoms with Crippen LogP contribution in [-0.2, 0) is 30.3 Å². The second-order valence-corrected chi connectivity index (χ2v) is 9.47. The molecule has 0 saturated heterocycles. The van der Waals surface area contributed by atoms with Crippen LogP contribution in [0.4, 0.5) is 4.79 Å². The van der Waals surface area contributed by atoms with Gasteiger partial charge in [0.05, 0.1) is 0 Å². The zero-order valence-electron chi connectivity index (χ0n) is 22.0. The van der Waals surface area contributed by atoms with Gasteiger partial charge < -0.3 is 29.8 Å². The molecule has 0 spiro atoms. The summed E-state index contributed by atoms with van der Waals surface area (Å²) in [6.07, 6.45) is -0.0962. The molecule has 0 radical (unpaired) electrons. The third-order valence-electron chi connectivity index (χ3n) is 5.47. The minimum absolute atomic E-state index is 0.00202. The van der Waals surface area contributed by atoms with E-state index in [1.54, 1.807) is 19.9 Å². The molecule has 0 bridgehead atoms. The van der Waals surface area contributed by atoms with Crippen molar-refractivity contribution >= 4 is 24.1 Å². The van der Waals surface area contributed by atoms with Crippen molar-refractivity contribution in [3.05, 3.63) is 23.8 Å². The third-order valence-corrected chi connectivity index (χ3v) is 5.47. The Bertz CT molecular complexity index is 928. The lowest BCUT2D eigenvalue weighted by atomic mass is 9.86. The van der Waals surface area contributed by atoms with Crippen LogP contribution in [0.5, 0.6) is 11.5 Å². The Morgan fingerprint density at radius 1 is 0.972 bits per heavy atom. The highest BCUT2D eigenvalue weighted by Crippen LogP contribution is 2.31. The molecular weight excluding hydrogens is 470 g/mol. The molecule has 36 heavy (non-hydrogen) atoms. The lowest BCUT2D eigenvalue weighted by Gasteiger charge is -2.29. The predicted octanol–water partition coefficient (Wildman–Crippen LogP) is 4.54. The largest absolute Gasteiger partial charge is 0.509 e. The monoisotopic (exact) mass is 509 g/mol. The smallest absolute Gasteiger partial charge is 0.480 e. The second kappa shape index (κ2) is 13.8. The fourth-order valence-electron chi connectivity index (χ4n) is 3.22. The molecular formula is C26H39NO9. The Morgan fingerprint density at radius 2 is 1.53 bits per heavy atom. The first kappa shape index (κ1) is 30.9. The van der Waals surface area contributed by atoms with Crippen LogP contribution in [-0.4, -0.2) is 46.4 Å². The number of nitrogens with two attached hydrogens (primary N) is 1. The van der Waals surface area contributed by atoms with Gasteiger partial charge in [-0.15, -0.1) is 0 Å². The van der Waals surface area contributed by atoms with E-state index in [9.17, 15) is 24.3 Å². The van der Waals surface area contributed by atoms with Crippen molar-refractivity contribution in [3.8, 4) is 11.5 Å². The highest BCUT2D eigenvalue weighted by Gasteiger charge is 2.38. The Labute approximate surface area is 212 Å². The van der Waals surface area contributed by atoms with E-state index in [1.165, 1.54) is 19.1 Å². The van der Waals surface area contributed by atoms with Gasteiger partial charge in [0.2, 0.25) is 0 Å². The van der Waals surface area contributed by atoms with E-state index in [1.807, 2.05) is 20.8 Å². The van der Waals surface area contributed by atoms with Gasteiger partial charge in [0.1, 0.15) is 17.2 Å². The van der Waals surface area contributed by atoms with Crippen LogP contribution in [0.25, 0.3) is 0 Å². The number of hydrogen-bond donors (Lipinski definition) is 2. The summed E-state index contributed by atoms with van der Waals surface area (Å²) in [6.45, 7) is 10.5. The average molecular weight is 510 g/mol. The summed E-state index contributed by atoms with van der Waals surface area (Å²) in [6, 6.07) is 4.40. The van der Waals surface area contributed by atoms with Gasteiger partial charge in [-0.25, -0.2) is 4.79 Å². The fraction of sp³-hybridized carbons (Fsp3) is 0.615. The van der Waals surface area contributed by atoms with E-state index in [2.05, 4.69) is 0 Å². The molecule has 10 nitrogen and oxygen atoms in total. The maximum Gasteiger partial charge on any atom is 0.509 e. The number of carboxylic acid groups (broad SMARTS) is 1. The third kappa shape index (κ3) is 10.2. The van der Waals surface area contributed by atoms with Crippen molar-refractivity contribution in [3.63, 3.8) is 0 Å². The van der Waals surface area contributed by atoms with Gasteiger partial charge in [0.15, 0.2) is 11.5 Å². The molecule has 1 aromatic rings. The van der Waals surface area contributed by atoms with Crippen molar-refractivity contribution in [2.75, 3.05) is 0 Å². The van der Waals surface area contributed by atoms with E-state index in [0.717, 1.165) is 0 Å². The van der Waals surface area contributed by atoms with Crippen LogP contribution in [0.2, 0.25) is 0 Å². The minimum atomic E-state index is -1.81. The SMILES string of the molecule is CCCC(=O)Oc1ccc(CC(N)(C[C@H](C)OC(=O)OC(C)(C)CC)C(=O)O)cc1OC(=O)CCC. The molecule has 202 valence electrons. The van der Waals surface area contributed by atoms with Crippen LogP contribution < -0.4 is 15.2 Å². The highest BCUT2D eigenvalue weighted by molar-refractivity contribution is 5.79. The van der Waals surface area contributed by atoms with Gasteiger partial charge in [-0.3, -0.25) is 14.4 Å². The number of aliphatic carboxylic acids is 1. The Morgan fingerprint density at radius 3 is 2.03 bits per heavy atom. The summed E-state index contributed by atoms with van der Waals surface area (Å²) in [5.41, 5.74) is 4.12. The maximum absolute atomic E-state index is 12.1. The molecule has 0 aliphatic rings. The van der Waals surface area contributed by atoms with Crippen molar-refractivity contribution in [1.82, 2.24) is 0 Å². The number of carbonyl (C=O) groups excluding carboxylic acids is 3. The predicted molar refractivity (Wildman–Crippen MR) is 132 cm³/mol. The van der Waals surface area contributed by atoms with Gasteiger partial charge in [0, 0.05) is 25.7 Å². The molecule has 3 N–H and O–H groups in total. The highest BCUT2D eigenvalue weighted by atomic mass is 16.7. The summed E-state index contributed by atoms with van der Waals surface area (Å²) >= 11 is 0. The lowest BCUT2D eigenvalue weighted by Crippen LogP contribution is -2.52. The zero-order chi connectivity index (χ0) is 27.5. The van der Waals surface area contributed by atoms with E-state index in [0.29, 0.717) is 24.8 Å². The number of benzene rings is 1. The Balaban J connectivity index is 3.11. The first-order chi connectivity index (χ1) is 16.7. The van der Waals surface area contributed by atoms with E-state index in [4.69, 9.17) is 24.7 Å². The van der Waals surface area contributed by atoms with Crippen LogP contribution >= 0.6 is 0 Å². The van der Waals surface area contributed by atoms with Crippen molar-refractivity contribution in [1.29, 1.82) is 0 Å². The van der Waals surface area contributed by atoms with Gasteiger partial charge in [-0.05, 0) is 57.7 Å². The molecule has 1 aromatic carbocycles. The molecule has 0 heterocycles. The molecule has 0 aliphatic carbocycles. The average Bonchev–Trinajstić information content (AvgIpc) is 2.75. The van der Waals surface area contributed by atoms with Crippen molar-refractivity contribution in [2.45, 2.75) is 104 Å². The molecule has 0 amide bonds. The molecule has 1 rings (SSSR count). The van der Waals surface area contributed by atoms with Crippen molar-refractivity contribution in [2.24, 2.45) is 5.73 Å². The normalized spacial score (nSPS) is 13.8. The number of hydrogen-bond acceptors (Lipinski definition) is 9. The molecule has 10 heteroatoms. The molecule has 0 aliphatic heterocycles. The standard InChI is InChI=1S/C26H39NO9/c1-7-10-21(28)34-19-13-12-18(14-20(19)35-22(29)11-8-2)16-26(27,23(30)31)15-17(4)33-24(32)36-25(5,6)9-3/h12-14,17H,7-11,15-16,27H2,1-6H3,(H,30,31)/t17-,26?/m0/s1. The van der Waals surface area contributed by atoms with Crippen LogP contribution in [0.15, 0.2) is 18.2 Å². The second-order valence-electron chi connectivity index (χ2n) is 9.47. The number of esters is 2. The van der Waals surface area contributed by atoms with Crippen molar-refractivity contribution < 1.29 is 43.2 Å². The molecule has 0 aromatic heterocycles. The number of rotatable bonds is 14. The summed E-state index contributed by atoms with van der Waals surface area (Å²) in [4.78, 5) is 48.3. The molecule has 0 saturated carbocycles. The van der Waals surface area contributed by atoms with Gasteiger partial charge >= 0.3 is 24.1 Å². The minimum Gasteiger partial charge on any atom is -0.480 e. The van der Waals surface area contributed by atoms with E-state index in [-0.39, 0.29) is 37.2 Å². The Hall–Kier alpha value is -3.14. The molecule has 1 unspecified atom stereocenters. The number of ether oxygens (including phenoxy) is 4. The maximum atomic E-state index is 12.1. The summed E-state index contributed by atoms with van der Waals surface area (Å²) in [5.74, 6) is -2.25. The first-order valence-electron chi connectivity index (χ1n) is 12.2. The topological polar surface area (TPSA) is 151 Å². The molecule has 2 atom stereocenters. The van der Waals surface area contributed by atoms with E-state index >= 15 is 0 Å². The number of carbonyl (C=O) groups is 4. The zero-order valence-corrected chi connectivity index (χ0v) is 22.0. The van der Waals surface area contributed by atoms with Gasteiger partial charge in [-0.1, -0.05) is 26.8 Å². The Kier molecular flexibility index (Phi) is 11.9. The summed E-state index contributed by atoms with van der Waals surface area (Å²) in [7, 11) is 0. The van der Waals surface area contributed by atoms with Gasteiger partial charge in [-0.2, -0.15) is 0 Å². The van der Waals surface area contributed by atoms with Gasteiger partial charge in [0.25, 0.3) is 0 Å². The van der Waals surface area contributed by atoms with Crippen LogP contribution in [0.1, 0.15) is 85.6 Å². The van der Waals surface area contributed by atoms with Crippen LogP contribution in [0, 0.1) is 0 Å². The number of carboxylic acids is 1. The summed E-state index contributed by atoms with van der Waals surface area (Å²) < 4.78 is 21.2. The fourth-order valence-corrected chi connectivity index (χ4v) is 3.22. The van der Waals surface area contributed by atoms with E-state index < -0.39 is 41.3 Å². The quantitative estimate of drug-likeness (QED) is 0.270. The lowest BCUT2D eigenvalue weighted by molar-refractivity contribution is -0.145. The van der Waals surface area contributed by atoms with Crippen LogP contribution in [0.3, 0.4) is 0 Å². The molecule has 0 fully saturated rings. The first-order valence-corrected chi connectivity index (χ1v) is 12.2.